The lowest BCUT2D eigenvalue weighted by atomic mass is 10.1. The van der Waals surface area contributed by atoms with E-state index in [9.17, 15) is 9.90 Å². The zero-order chi connectivity index (χ0) is 21.4. The van der Waals surface area contributed by atoms with Gasteiger partial charge in [-0.1, -0.05) is 20.3 Å². The van der Waals surface area contributed by atoms with Gasteiger partial charge in [0.25, 0.3) is 5.91 Å². The van der Waals surface area contributed by atoms with Crippen LogP contribution >= 0.6 is 0 Å². The van der Waals surface area contributed by atoms with E-state index in [2.05, 4.69) is 33.9 Å². The van der Waals surface area contributed by atoms with Gasteiger partial charge in [-0.3, -0.25) is 14.6 Å². The second-order valence-electron chi connectivity index (χ2n) is 9.00. The number of nitrogens with one attached hydrogen (secondary N) is 1. The number of oxazole rings is 1. The first-order chi connectivity index (χ1) is 13.7. The van der Waals surface area contributed by atoms with Gasteiger partial charge in [0.2, 0.25) is 5.89 Å². The van der Waals surface area contributed by atoms with Crippen molar-refractivity contribution in [2.45, 2.75) is 59.3 Å². The van der Waals surface area contributed by atoms with Crippen LogP contribution in [0.2, 0.25) is 0 Å². The smallest absolute Gasteiger partial charge is 0.273 e. The standard InChI is InChI=1S/C21H38N4O4/c1-6-16(2)11-22-20(27)18-15-28-19(23-18)13-25-9-7-24(8-10-25)12-17(26)14-29-21(3,4)5/h15-17,26H,6-14H2,1-5H3,(H,22,27). The molecular formula is C21H38N4O4. The summed E-state index contributed by atoms with van der Waals surface area (Å²) in [5, 5.41) is 13.1. The van der Waals surface area contributed by atoms with E-state index in [-0.39, 0.29) is 11.5 Å². The van der Waals surface area contributed by atoms with E-state index >= 15 is 0 Å². The molecule has 0 spiro atoms. The molecule has 8 heteroatoms. The molecule has 2 heterocycles. The van der Waals surface area contributed by atoms with Crippen molar-refractivity contribution in [1.82, 2.24) is 20.1 Å². The highest BCUT2D eigenvalue weighted by Crippen LogP contribution is 2.11. The van der Waals surface area contributed by atoms with E-state index in [1.807, 2.05) is 20.8 Å². The Hall–Kier alpha value is -1.48. The molecule has 2 unspecified atom stereocenters. The quantitative estimate of drug-likeness (QED) is 0.607. The summed E-state index contributed by atoms with van der Waals surface area (Å²) in [6, 6.07) is 0. The van der Waals surface area contributed by atoms with E-state index in [0.717, 1.165) is 32.6 Å². The van der Waals surface area contributed by atoms with Crippen LogP contribution in [0, 0.1) is 5.92 Å². The summed E-state index contributed by atoms with van der Waals surface area (Å²) in [5.74, 6) is 0.822. The number of β-amino-alcohol motifs (C(OH)–C–C–N with tert-alkyl or cyclic N) is 1. The molecule has 1 aromatic heterocycles. The summed E-state index contributed by atoms with van der Waals surface area (Å²) in [6.45, 7) is 15.8. The molecule has 0 saturated carbocycles. The monoisotopic (exact) mass is 410 g/mol. The first kappa shape index (κ1) is 23.8. The maximum atomic E-state index is 12.1. The molecule has 0 bridgehead atoms. The number of amides is 1. The molecule has 0 radical (unpaired) electrons. The number of ether oxygens (including phenoxy) is 1. The molecule has 1 aliphatic rings. The molecule has 2 atom stereocenters. The van der Waals surface area contributed by atoms with Gasteiger partial charge in [0, 0.05) is 39.3 Å². The van der Waals surface area contributed by atoms with Crippen LogP contribution in [0.5, 0.6) is 0 Å². The van der Waals surface area contributed by atoms with Crippen LogP contribution in [0.25, 0.3) is 0 Å². The van der Waals surface area contributed by atoms with Gasteiger partial charge in [-0.05, 0) is 26.7 Å². The topological polar surface area (TPSA) is 91.1 Å². The maximum absolute atomic E-state index is 12.1. The van der Waals surface area contributed by atoms with Gasteiger partial charge < -0.3 is 19.6 Å². The second-order valence-corrected chi connectivity index (χ2v) is 9.00. The fourth-order valence-corrected chi connectivity index (χ4v) is 3.01. The summed E-state index contributed by atoms with van der Waals surface area (Å²) in [5.41, 5.74) is 0.101. The van der Waals surface area contributed by atoms with Crippen LogP contribution < -0.4 is 5.32 Å². The number of hydrogen-bond acceptors (Lipinski definition) is 7. The Balaban J connectivity index is 1.70. The van der Waals surface area contributed by atoms with Crippen molar-refractivity contribution in [2.75, 3.05) is 45.9 Å². The maximum Gasteiger partial charge on any atom is 0.273 e. The Bertz CT molecular complexity index is 620. The van der Waals surface area contributed by atoms with Gasteiger partial charge in [0.05, 0.1) is 24.9 Å². The Morgan fingerprint density at radius 1 is 1.31 bits per heavy atom. The number of rotatable bonds is 10. The number of carbonyl (C=O) groups excluding carboxylic acids is 1. The third-order valence-electron chi connectivity index (χ3n) is 5.09. The average Bonchev–Trinajstić information content (AvgIpc) is 3.14. The van der Waals surface area contributed by atoms with E-state index in [1.165, 1.54) is 6.26 Å². The molecule has 29 heavy (non-hydrogen) atoms. The zero-order valence-corrected chi connectivity index (χ0v) is 18.6. The first-order valence-electron chi connectivity index (χ1n) is 10.7. The molecule has 2 rings (SSSR count). The lowest BCUT2D eigenvalue weighted by Gasteiger charge is -2.35. The number of aromatic nitrogens is 1. The third-order valence-corrected chi connectivity index (χ3v) is 5.09. The largest absolute Gasteiger partial charge is 0.447 e. The first-order valence-corrected chi connectivity index (χ1v) is 10.7. The second kappa shape index (κ2) is 11.1. The van der Waals surface area contributed by atoms with E-state index in [0.29, 0.717) is 43.7 Å². The Morgan fingerprint density at radius 3 is 2.59 bits per heavy atom. The summed E-state index contributed by atoms with van der Waals surface area (Å²) in [7, 11) is 0. The highest BCUT2D eigenvalue weighted by Gasteiger charge is 2.22. The predicted octanol–water partition coefficient (Wildman–Crippen LogP) is 1.74. The number of piperazine rings is 1. The molecule has 1 saturated heterocycles. The Morgan fingerprint density at radius 2 is 1.97 bits per heavy atom. The minimum absolute atomic E-state index is 0.184. The summed E-state index contributed by atoms with van der Waals surface area (Å²) >= 11 is 0. The molecule has 1 aromatic rings. The van der Waals surface area contributed by atoms with Crippen molar-refractivity contribution in [3.63, 3.8) is 0 Å². The van der Waals surface area contributed by atoms with E-state index < -0.39 is 6.10 Å². The molecule has 1 fully saturated rings. The predicted molar refractivity (Wildman–Crippen MR) is 112 cm³/mol. The molecule has 0 aromatic carbocycles. The normalized spacial score (nSPS) is 18.6. The summed E-state index contributed by atoms with van der Waals surface area (Å²) < 4.78 is 11.1. The van der Waals surface area contributed by atoms with Gasteiger partial charge in [0.1, 0.15) is 6.26 Å². The lowest BCUT2D eigenvalue weighted by molar-refractivity contribution is -0.0588. The van der Waals surface area contributed by atoms with Crippen LogP contribution in [0.3, 0.4) is 0 Å². The van der Waals surface area contributed by atoms with Gasteiger partial charge >= 0.3 is 0 Å². The lowest BCUT2D eigenvalue weighted by Crippen LogP contribution is -2.49. The minimum Gasteiger partial charge on any atom is -0.447 e. The van der Waals surface area contributed by atoms with Crippen molar-refractivity contribution in [2.24, 2.45) is 5.92 Å². The molecular weight excluding hydrogens is 372 g/mol. The molecule has 0 aliphatic carbocycles. The molecule has 8 nitrogen and oxygen atoms in total. The highest BCUT2D eigenvalue weighted by molar-refractivity contribution is 5.91. The van der Waals surface area contributed by atoms with Gasteiger partial charge in [-0.25, -0.2) is 4.98 Å². The number of aliphatic hydroxyl groups excluding tert-OH is 1. The fourth-order valence-electron chi connectivity index (χ4n) is 3.01. The number of aliphatic hydroxyl groups is 1. The van der Waals surface area contributed by atoms with Crippen molar-refractivity contribution >= 4 is 5.91 Å². The molecule has 1 amide bonds. The van der Waals surface area contributed by atoms with Crippen LogP contribution in [0.1, 0.15) is 57.4 Å². The van der Waals surface area contributed by atoms with E-state index in [4.69, 9.17) is 9.15 Å². The molecule has 1 aliphatic heterocycles. The van der Waals surface area contributed by atoms with E-state index in [1.54, 1.807) is 0 Å². The number of nitrogens with zero attached hydrogens (tertiary/aromatic N) is 3. The number of carbonyl (C=O) groups is 1. The van der Waals surface area contributed by atoms with Crippen LogP contribution in [-0.2, 0) is 11.3 Å². The van der Waals surface area contributed by atoms with Crippen molar-refractivity contribution in [1.29, 1.82) is 0 Å². The van der Waals surface area contributed by atoms with Gasteiger partial charge in [-0.15, -0.1) is 0 Å². The van der Waals surface area contributed by atoms with Gasteiger partial charge in [-0.2, -0.15) is 0 Å². The van der Waals surface area contributed by atoms with Crippen molar-refractivity contribution < 1.29 is 19.1 Å². The Kier molecular flexibility index (Phi) is 9.07. The van der Waals surface area contributed by atoms with Crippen LogP contribution in [-0.4, -0.2) is 83.4 Å². The SMILES string of the molecule is CCC(C)CNC(=O)c1coc(CN2CCN(CC(O)COC(C)(C)C)CC2)n1. The van der Waals surface area contributed by atoms with Crippen molar-refractivity contribution in [3.8, 4) is 0 Å². The summed E-state index contributed by atoms with van der Waals surface area (Å²) in [6.07, 6.45) is 1.98. The van der Waals surface area contributed by atoms with Crippen LogP contribution in [0.4, 0.5) is 0 Å². The zero-order valence-electron chi connectivity index (χ0n) is 18.6. The average molecular weight is 411 g/mol. The fraction of sp³-hybridized carbons (Fsp3) is 0.810. The van der Waals surface area contributed by atoms with Crippen molar-refractivity contribution in [3.05, 3.63) is 17.8 Å². The minimum atomic E-state index is -0.482. The summed E-state index contributed by atoms with van der Waals surface area (Å²) in [4.78, 5) is 21.0. The number of hydrogen-bond donors (Lipinski definition) is 2. The molecule has 2 N–H and O–H groups in total. The van der Waals surface area contributed by atoms with Crippen LogP contribution in [0.15, 0.2) is 10.7 Å². The third kappa shape index (κ3) is 8.82. The highest BCUT2D eigenvalue weighted by atomic mass is 16.5. The molecule has 166 valence electrons. The van der Waals surface area contributed by atoms with Gasteiger partial charge in [0.15, 0.2) is 5.69 Å². The Labute approximate surface area is 174 Å².